The maximum atomic E-state index is 12.7. The van der Waals surface area contributed by atoms with Gasteiger partial charge in [0, 0.05) is 24.8 Å². The highest BCUT2D eigenvalue weighted by molar-refractivity contribution is 5.95. The van der Waals surface area contributed by atoms with Crippen LogP contribution >= 0.6 is 0 Å². The van der Waals surface area contributed by atoms with E-state index >= 15 is 0 Å². The molecule has 0 saturated heterocycles. The Hall–Kier alpha value is -5.44. The number of hydrogen-bond acceptors (Lipinski definition) is 12. The molecule has 0 atom stereocenters. The van der Waals surface area contributed by atoms with E-state index in [1.54, 1.807) is 29.1 Å². The lowest BCUT2D eigenvalue weighted by Crippen LogP contribution is -3.00. The van der Waals surface area contributed by atoms with Crippen molar-refractivity contribution in [3.05, 3.63) is 88.8 Å². The highest BCUT2D eigenvalue weighted by atomic mass is 35.5. The topological polar surface area (TPSA) is 209 Å². The Bertz CT molecular complexity index is 2480. The van der Waals surface area contributed by atoms with Gasteiger partial charge in [-0.25, -0.2) is 33.3 Å². The van der Waals surface area contributed by atoms with Crippen molar-refractivity contribution in [1.82, 2.24) is 9.97 Å². The van der Waals surface area contributed by atoms with Gasteiger partial charge in [-0.3, -0.25) is 9.97 Å². The van der Waals surface area contributed by atoms with Crippen LogP contribution in [0.25, 0.3) is 0 Å². The van der Waals surface area contributed by atoms with Crippen LogP contribution in [0.4, 0.5) is 0 Å². The van der Waals surface area contributed by atoms with E-state index in [2.05, 4.69) is 37.7 Å². The Labute approximate surface area is 677 Å². The van der Waals surface area contributed by atoms with Gasteiger partial charge in [-0.2, -0.15) is 0 Å². The second kappa shape index (κ2) is 80.2. The molecule has 3 aromatic heterocycles. The van der Waals surface area contributed by atoms with Crippen LogP contribution in [-0.2, 0) is 26.0 Å². The fourth-order valence-electron chi connectivity index (χ4n) is 13.9. The molecule has 632 valence electrons. The number of unbranched alkanes of at least 4 members (excludes halogenated alkanes) is 60. The first-order chi connectivity index (χ1) is 53.4. The summed E-state index contributed by atoms with van der Waals surface area (Å²) < 4.78 is 23.7. The highest BCUT2D eigenvalue weighted by Crippen LogP contribution is 2.20. The Kier molecular flexibility index (Phi) is 76.2. The number of aryl methyl sites for hydroxylation is 1. The average Bonchev–Trinajstić information content (AvgIpc) is 0.859. The zero-order chi connectivity index (χ0) is 79.2. The first kappa shape index (κ1) is 105. The molecule has 0 saturated carbocycles. The van der Waals surface area contributed by atoms with Crippen molar-refractivity contribution in [1.29, 1.82) is 0 Å². The van der Waals surface area contributed by atoms with Gasteiger partial charge in [0.05, 0.1) is 48.7 Å². The number of carboxylic acids is 2. The lowest BCUT2D eigenvalue weighted by atomic mass is 10.0. The number of pyridine rings is 3. The third-order valence-electron chi connectivity index (χ3n) is 20.8. The number of carbonyl (C=O) groups is 6. The third-order valence-corrected chi connectivity index (χ3v) is 20.8. The van der Waals surface area contributed by atoms with Gasteiger partial charge < -0.3 is 41.6 Å². The lowest BCUT2D eigenvalue weighted by Gasteiger charge is -2.07. The molecular weight excluding hydrogens is 1400 g/mol. The normalized spacial score (nSPS) is 10.9. The molecular formula is C94H162ClN3O12. The molecule has 0 aliphatic heterocycles. The van der Waals surface area contributed by atoms with Crippen molar-refractivity contribution in [2.45, 2.75) is 439 Å². The van der Waals surface area contributed by atoms with Crippen molar-refractivity contribution in [3.8, 4) is 0 Å². The van der Waals surface area contributed by atoms with Gasteiger partial charge in [0.15, 0.2) is 12.4 Å². The number of ether oxygens (including phenoxy) is 4. The smallest absolute Gasteiger partial charge is 0.344 e. The first-order valence-electron chi connectivity index (χ1n) is 45.4. The molecule has 3 rings (SSSR count). The SMILES string of the molecule is CCCCCCCCCCCCCCCCCCOC(=O)c1cc(C(=O)OCCCCCCCCCCCCCCCCCC)c[n+](C)c1.CCCCCCCCCCCCCCCCCCOC(=O)c1cncc(C(=O)OCCCCCCCCCCCCCCCCCC)c1.O=C(O)c1cncc(C(=O)O)c1.[Cl-]. The minimum Gasteiger partial charge on any atom is -1.00 e. The van der Waals surface area contributed by atoms with Gasteiger partial charge in [0.25, 0.3) is 0 Å². The van der Waals surface area contributed by atoms with Gasteiger partial charge in [-0.1, -0.05) is 413 Å². The molecule has 0 bridgehead atoms. The fourth-order valence-corrected chi connectivity index (χ4v) is 13.9. The van der Waals surface area contributed by atoms with E-state index in [4.69, 9.17) is 29.2 Å². The Morgan fingerprint density at radius 1 is 0.245 bits per heavy atom. The van der Waals surface area contributed by atoms with Gasteiger partial charge in [0.2, 0.25) is 0 Å². The molecule has 15 nitrogen and oxygen atoms in total. The molecule has 0 aromatic carbocycles. The summed E-state index contributed by atoms with van der Waals surface area (Å²) in [5, 5.41) is 16.9. The monoisotopic (exact) mass is 1560 g/mol. The Morgan fingerprint density at radius 2 is 0.391 bits per heavy atom. The number of carbonyl (C=O) groups excluding carboxylic acids is 4. The quantitative estimate of drug-likeness (QED) is 0.0233. The summed E-state index contributed by atoms with van der Waals surface area (Å²) in [6.07, 6.45) is 92.8. The second-order valence-electron chi connectivity index (χ2n) is 31.3. The molecule has 0 spiro atoms. The van der Waals surface area contributed by atoms with Crippen LogP contribution in [0, 0.1) is 0 Å². The fraction of sp³-hybridized carbons (Fsp3) is 0.777. The number of nitrogens with zero attached hydrogens (tertiary/aromatic N) is 3. The van der Waals surface area contributed by atoms with E-state index in [9.17, 15) is 28.8 Å². The Balaban J connectivity index is 0.00000185. The number of rotatable bonds is 74. The molecule has 16 heteroatoms. The van der Waals surface area contributed by atoms with Crippen molar-refractivity contribution in [2.75, 3.05) is 26.4 Å². The predicted molar refractivity (Wildman–Crippen MR) is 449 cm³/mol. The summed E-state index contributed by atoms with van der Waals surface area (Å²) in [5.41, 5.74) is 1.16. The maximum absolute atomic E-state index is 12.7. The largest absolute Gasteiger partial charge is 1.00 e. The number of halogens is 1. The third kappa shape index (κ3) is 66.0. The average molecular weight is 1560 g/mol. The van der Waals surface area contributed by atoms with Crippen LogP contribution in [0.2, 0.25) is 0 Å². The van der Waals surface area contributed by atoms with Crippen LogP contribution < -0.4 is 17.0 Å². The minimum atomic E-state index is -1.19. The summed E-state index contributed by atoms with van der Waals surface area (Å²) in [6, 6.07) is 4.20. The van der Waals surface area contributed by atoms with Crippen LogP contribution in [0.15, 0.2) is 55.4 Å². The summed E-state index contributed by atoms with van der Waals surface area (Å²) in [6.45, 7) is 10.8. The number of esters is 4. The molecule has 0 fully saturated rings. The van der Waals surface area contributed by atoms with Crippen molar-refractivity contribution < 1.29 is 74.9 Å². The van der Waals surface area contributed by atoms with Gasteiger partial charge in [-0.15, -0.1) is 0 Å². The second-order valence-corrected chi connectivity index (χ2v) is 31.3. The summed E-state index contributed by atoms with van der Waals surface area (Å²) in [4.78, 5) is 78.6. The number of carboxylic acid groups (broad SMARTS) is 2. The molecule has 0 aliphatic rings. The first-order valence-corrected chi connectivity index (χ1v) is 45.4. The molecule has 2 N–H and O–H groups in total. The van der Waals surface area contributed by atoms with Crippen molar-refractivity contribution >= 4 is 35.8 Å². The van der Waals surface area contributed by atoms with E-state index in [-0.39, 0.29) is 35.5 Å². The van der Waals surface area contributed by atoms with E-state index in [1.165, 1.54) is 372 Å². The Morgan fingerprint density at radius 3 is 0.573 bits per heavy atom. The molecule has 3 aromatic rings. The van der Waals surface area contributed by atoms with Crippen LogP contribution in [0.3, 0.4) is 0 Å². The van der Waals surface area contributed by atoms with E-state index in [0.717, 1.165) is 69.8 Å². The lowest BCUT2D eigenvalue weighted by molar-refractivity contribution is -0.671. The molecule has 0 radical (unpaired) electrons. The summed E-state index contributed by atoms with van der Waals surface area (Å²) in [5.74, 6) is -3.96. The molecule has 110 heavy (non-hydrogen) atoms. The summed E-state index contributed by atoms with van der Waals surface area (Å²) >= 11 is 0. The minimum absolute atomic E-state index is 0. The van der Waals surface area contributed by atoms with Gasteiger partial charge in [-0.05, 0) is 43.9 Å². The van der Waals surface area contributed by atoms with Crippen LogP contribution in [0.5, 0.6) is 0 Å². The highest BCUT2D eigenvalue weighted by Gasteiger charge is 2.19. The van der Waals surface area contributed by atoms with Crippen LogP contribution in [-0.4, -0.2) is 82.4 Å². The van der Waals surface area contributed by atoms with E-state index < -0.39 is 23.9 Å². The number of aromatic carboxylic acids is 2. The number of hydrogen-bond donors (Lipinski definition) is 2. The van der Waals surface area contributed by atoms with Gasteiger partial charge in [0.1, 0.15) is 18.2 Å². The maximum Gasteiger partial charge on any atom is 0.344 e. The van der Waals surface area contributed by atoms with Crippen LogP contribution in [0.1, 0.15) is 501 Å². The van der Waals surface area contributed by atoms with Crippen molar-refractivity contribution in [3.63, 3.8) is 0 Å². The molecule has 0 amide bonds. The van der Waals surface area contributed by atoms with Gasteiger partial charge >= 0.3 is 35.8 Å². The zero-order valence-electron chi connectivity index (χ0n) is 71.0. The summed E-state index contributed by atoms with van der Waals surface area (Å²) in [7, 11) is 1.82. The zero-order valence-corrected chi connectivity index (χ0v) is 71.7. The standard InChI is InChI=1S/C44H80NO4.C43H77NO4.C7H5NO4.ClH/c1-4-6-8-10-12-14-16-18-20-22-24-26-28-30-32-34-36-48-43(46)41-38-42(40-45(3)39-41)44(47)49-37-35-33-31-29-27-25-23-21-19-17-15-13-11-9-7-5-2;1-3-5-7-9-11-13-15-17-19-21-23-25-27-29-31-33-35-47-42(45)40-37-41(39-44-38-40)43(46)48-36-34-32-30-28-26-24-22-20-18-16-14-12-10-8-6-4-2;9-6(10)4-1-5(7(11)12)3-8-2-4;/h38-40H,4-37H2,1-3H3;37-39H,3-36H2,1-2H3;1-3H,(H,9,10)(H,11,12);1H/q+1;;;/p-1. The van der Waals surface area contributed by atoms with E-state index in [1.807, 2.05) is 7.05 Å². The number of aromatic nitrogens is 3. The van der Waals surface area contributed by atoms with E-state index in [0.29, 0.717) is 48.7 Å². The van der Waals surface area contributed by atoms with Crippen molar-refractivity contribution in [2.24, 2.45) is 7.05 Å². The molecule has 0 unspecified atom stereocenters. The predicted octanol–water partition coefficient (Wildman–Crippen LogP) is 24.7. The molecule has 0 aliphatic carbocycles. The molecule has 3 heterocycles.